The number of aliphatic hydroxyl groups is 1. The molecule has 0 radical (unpaired) electrons. The van der Waals surface area contributed by atoms with Gasteiger partial charge in [-0.25, -0.2) is 4.57 Å². The zero-order valence-electron chi connectivity index (χ0n) is 26.0. The molecule has 41 heavy (non-hydrogen) atoms. The van der Waals surface area contributed by atoms with Gasteiger partial charge in [-0.05, 0) is 38.5 Å². The molecule has 10 heteroatoms. The zero-order valence-corrected chi connectivity index (χ0v) is 26.9. The number of amides is 1. The van der Waals surface area contributed by atoms with Crippen molar-refractivity contribution in [1.29, 1.82) is 0 Å². The second-order valence-electron chi connectivity index (χ2n) is 10.8. The van der Waals surface area contributed by atoms with Crippen molar-refractivity contribution in [3.8, 4) is 0 Å². The number of allylic oxidation sites excluding steroid dienone is 2. The van der Waals surface area contributed by atoms with Crippen molar-refractivity contribution >= 4 is 19.7 Å². The van der Waals surface area contributed by atoms with E-state index in [1.54, 1.807) is 0 Å². The number of nitrogens with one attached hydrogen (secondary N) is 1. The summed E-state index contributed by atoms with van der Waals surface area (Å²) in [6.45, 7) is 3.37. The average molecular weight is 606 g/mol. The summed E-state index contributed by atoms with van der Waals surface area (Å²) in [5, 5.41) is 12.5. The van der Waals surface area contributed by atoms with Crippen LogP contribution in [-0.2, 0) is 27.9 Å². The molecule has 0 aliphatic heterocycles. The quantitative estimate of drug-likeness (QED) is 0.0331. The first-order chi connectivity index (χ1) is 19.8. The van der Waals surface area contributed by atoms with E-state index in [9.17, 15) is 24.2 Å². The predicted molar refractivity (Wildman–Crippen MR) is 165 cm³/mol. The predicted octanol–water partition coefficient (Wildman–Crippen LogP) is 7.54. The third-order valence-corrected chi connectivity index (χ3v) is 7.68. The fraction of sp³-hybridized carbons (Fsp3) is 0.871. The topological polar surface area (TPSA) is 131 Å². The summed E-state index contributed by atoms with van der Waals surface area (Å²) >= 11 is 0. The molecule has 0 aromatic carbocycles. The molecule has 1 amide bonds. The number of unbranched alkanes of at least 4 members (excludes halogenated alkanes) is 15. The van der Waals surface area contributed by atoms with Gasteiger partial charge in [-0.1, -0.05) is 103 Å². The van der Waals surface area contributed by atoms with Crippen LogP contribution in [0.1, 0.15) is 142 Å². The Balaban J connectivity index is 3.60. The minimum atomic E-state index is -4.39. The van der Waals surface area contributed by atoms with Gasteiger partial charge in [-0.3, -0.25) is 18.6 Å². The minimum Gasteiger partial charge on any atom is -0.463 e. The fourth-order valence-corrected chi connectivity index (χ4v) is 4.95. The third kappa shape index (κ3) is 30.0. The minimum absolute atomic E-state index is 0.0795. The Hall–Kier alpha value is -1.25. The maximum absolute atomic E-state index is 11.9. The summed E-state index contributed by atoms with van der Waals surface area (Å²) in [4.78, 5) is 33.3. The molecule has 0 saturated carbocycles. The summed E-state index contributed by atoms with van der Waals surface area (Å²) in [5.74, 6) is -0.543. The van der Waals surface area contributed by atoms with Crippen LogP contribution in [0.5, 0.6) is 0 Å². The van der Waals surface area contributed by atoms with E-state index in [-0.39, 0.29) is 32.1 Å². The molecule has 0 saturated heterocycles. The van der Waals surface area contributed by atoms with Crippen LogP contribution in [0.25, 0.3) is 0 Å². The fourth-order valence-electron chi connectivity index (χ4n) is 4.20. The molecule has 2 unspecified atom stereocenters. The Kier molecular flexibility index (Phi) is 28.0. The lowest BCUT2D eigenvalue weighted by Gasteiger charge is -2.15. The number of phosphoric ester groups is 1. The van der Waals surface area contributed by atoms with Gasteiger partial charge in [0, 0.05) is 19.4 Å². The van der Waals surface area contributed by atoms with Gasteiger partial charge in [-0.2, -0.15) is 0 Å². The van der Waals surface area contributed by atoms with E-state index in [1.807, 2.05) is 0 Å². The first-order valence-electron chi connectivity index (χ1n) is 16.2. The number of aliphatic hydroxyl groups excluding tert-OH is 1. The summed E-state index contributed by atoms with van der Waals surface area (Å²) in [6, 6.07) is 0. The van der Waals surface area contributed by atoms with E-state index >= 15 is 0 Å². The standard InChI is InChI=1S/C31H60NO8P/c1-3-5-7-9-10-11-12-13-14-15-16-17-18-19-20-21-23-30(34)32-25-26-39-41(36,37)40-28-29(33)27-38-31(35)24-22-8-6-4-2/h14-15,29,33H,3-13,16-28H2,1-2H3,(H,32,34)(H,36,37)/b15-14-. The normalized spacial score (nSPS) is 13.8. The molecule has 0 spiro atoms. The Morgan fingerprint density at radius 1 is 0.732 bits per heavy atom. The first-order valence-corrected chi connectivity index (χ1v) is 17.7. The highest BCUT2D eigenvalue weighted by molar-refractivity contribution is 7.47. The van der Waals surface area contributed by atoms with Crippen LogP contribution in [0.15, 0.2) is 12.2 Å². The molecule has 0 rings (SSSR count). The Labute approximate surface area is 249 Å². The molecule has 0 heterocycles. The molecule has 0 aromatic rings. The lowest BCUT2D eigenvalue weighted by Crippen LogP contribution is -2.27. The number of esters is 1. The third-order valence-electron chi connectivity index (χ3n) is 6.70. The van der Waals surface area contributed by atoms with Crippen molar-refractivity contribution in [1.82, 2.24) is 5.32 Å². The van der Waals surface area contributed by atoms with Crippen molar-refractivity contribution in [3.05, 3.63) is 12.2 Å². The smallest absolute Gasteiger partial charge is 0.463 e. The van der Waals surface area contributed by atoms with Gasteiger partial charge >= 0.3 is 13.8 Å². The van der Waals surface area contributed by atoms with Crippen LogP contribution in [0.2, 0.25) is 0 Å². The van der Waals surface area contributed by atoms with Crippen molar-refractivity contribution in [2.24, 2.45) is 0 Å². The first kappa shape index (κ1) is 39.8. The zero-order chi connectivity index (χ0) is 30.4. The van der Waals surface area contributed by atoms with Crippen LogP contribution < -0.4 is 5.32 Å². The van der Waals surface area contributed by atoms with Crippen LogP contribution in [0, 0.1) is 0 Å². The highest BCUT2D eigenvalue weighted by Crippen LogP contribution is 2.42. The van der Waals surface area contributed by atoms with Crippen LogP contribution in [0.3, 0.4) is 0 Å². The Morgan fingerprint density at radius 2 is 1.24 bits per heavy atom. The maximum Gasteiger partial charge on any atom is 0.472 e. The van der Waals surface area contributed by atoms with E-state index in [4.69, 9.17) is 13.8 Å². The van der Waals surface area contributed by atoms with Crippen molar-refractivity contribution in [2.45, 2.75) is 148 Å². The molecule has 0 aliphatic rings. The summed E-state index contributed by atoms with van der Waals surface area (Å²) in [6.07, 6.45) is 24.9. The molecule has 3 N–H and O–H groups in total. The maximum atomic E-state index is 11.9. The van der Waals surface area contributed by atoms with E-state index in [0.29, 0.717) is 6.42 Å². The van der Waals surface area contributed by atoms with E-state index in [1.165, 1.54) is 64.2 Å². The number of hydrogen-bond acceptors (Lipinski definition) is 7. The molecule has 0 bridgehead atoms. The van der Waals surface area contributed by atoms with Crippen molar-refractivity contribution in [2.75, 3.05) is 26.4 Å². The number of hydrogen-bond donors (Lipinski definition) is 3. The number of carbonyl (C=O) groups excluding carboxylic acids is 2. The van der Waals surface area contributed by atoms with Crippen LogP contribution in [0.4, 0.5) is 0 Å². The van der Waals surface area contributed by atoms with Gasteiger partial charge < -0.3 is 20.1 Å². The SMILES string of the molecule is CCCCCCCCC/C=C\CCCCCCCC(=O)NCCOP(=O)(O)OCC(O)COC(=O)CCCCCC. The highest BCUT2D eigenvalue weighted by Gasteiger charge is 2.23. The number of carbonyl (C=O) groups is 2. The molecule has 242 valence electrons. The molecule has 0 fully saturated rings. The summed E-state index contributed by atoms with van der Waals surface area (Å²) < 4.78 is 26.4. The van der Waals surface area contributed by atoms with E-state index < -0.39 is 26.5 Å². The van der Waals surface area contributed by atoms with E-state index in [0.717, 1.165) is 51.4 Å². The molecular weight excluding hydrogens is 545 g/mol. The van der Waals surface area contributed by atoms with Gasteiger partial charge in [0.2, 0.25) is 5.91 Å². The number of phosphoric acid groups is 1. The molecule has 9 nitrogen and oxygen atoms in total. The van der Waals surface area contributed by atoms with Crippen LogP contribution >= 0.6 is 7.82 Å². The van der Waals surface area contributed by atoms with Crippen molar-refractivity contribution in [3.63, 3.8) is 0 Å². The molecular formula is C31H60NO8P. The number of rotatable bonds is 30. The van der Waals surface area contributed by atoms with Gasteiger partial charge in [-0.15, -0.1) is 0 Å². The summed E-state index contributed by atoms with van der Waals surface area (Å²) in [7, 11) is -4.39. The molecule has 0 aromatic heterocycles. The van der Waals surface area contributed by atoms with Gasteiger partial charge in [0.15, 0.2) is 0 Å². The van der Waals surface area contributed by atoms with E-state index in [2.05, 4.69) is 31.3 Å². The van der Waals surface area contributed by atoms with Gasteiger partial charge in [0.05, 0.1) is 13.2 Å². The van der Waals surface area contributed by atoms with Gasteiger partial charge in [0.1, 0.15) is 12.7 Å². The number of ether oxygens (including phenoxy) is 1. The lowest BCUT2D eigenvalue weighted by molar-refractivity contribution is -0.147. The van der Waals surface area contributed by atoms with Crippen LogP contribution in [-0.4, -0.2) is 54.3 Å². The second-order valence-corrected chi connectivity index (χ2v) is 12.2. The Morgan fingerprint density at radius 3 is 1.85 bits per heavy atom. The average Bonchev–Trinajstić information content (AvgIpc) is 2.95. The second kappa shape index (κ2) is 28.9. The highest BCUT2D eigenvalue weighted by atomic mass is 31.2. The van der Waals surface area contributed by atoms with Crippen molar-refractivity contribution < 1.29 is 37.9 Å². The Bertz CT molecular complexity index is 704. The molecule has 2 atom stereocenters. The molecule has 0 aliphatic carbocycles. The summed E-state index contributed by atoms with van der Waals surface area (Å²) in [5.41, 5.74) is 0. The lowest BCUT2D eigenvalue weighted by atomic mass is 10.1. The van der Waals surface area contributed by atoms with Gasteiger partial charge in [0.25, 0.3) is 0 Å². The largest absolute Gasteiger partial charge is 0.472 e. The monoisotopic (exact) mass is 605 g/mol.